The number of aryl methyl sites for hydroxylation is 1. The highest BCUT2D eigenvalue weighted by Crippen LogP contribution is 2.41. The van der Waals surface area contributed by atoms with Crippen LogP contribution in [-0.2, 0) is 6.42 Å². The molecule has 1 N–H and O–H groups in total. The van der Waals surface area contributed by atoms with Crippen molar-refractivity contribution in [3.8, 4) is 0 Å². The Kier molecular flexibility index (Phi) is 2.59. The van der Waals surface area contributed by atoms with Gasteiger partial charge in [0.1, 0.15) is 0 Å². The maximum absolute atomic E-state index is 10.1. The summed E-state index contributed by atoms with van der Waals surface area (Å²) in [6.07, 6.45) is 0.782. The van der Waals surface area contributed by atoms with Crippen molar-refractivity contribution in [1.82, 2.24) is 0 Å². The summed E-state index contributed by atoms with van der Waals surface area (Å²) in [4.78, 5) is 0. The monoisotopic (exact) mass is 204 g/mol. The first-order valence-electron chi connectivity index (χ1n) is 5.82. The molecule has 1 aromatic rings. The third-order valence-corrected chi connectivity index (χ3v) is 3.59. The van der Waals surface area contributed by atoms with Crippen LogP contribution in [-0.4, -0.2) is 5.11 Å². The third-order valence-electron chi connectivity index (χ3n) is 3.59. The van der Waals surface area contributed by atoms with Crippen molar-refractivity contribution < 1.29 is 5.11 Å². The molecule has 0 aliphatic heterocycles. The largest absolute Gasteiger partial charge is 0.388 e. The van der Waals surface area contributed by atoms with E-state index in [1.807, 2.05) is 0 Å². The molecule has 1 aliphatic rings. The maximum atomic E-state index is 10.1. The maximum Gasteiger partial charge on any atom is 0.0824 e. The van der Waals surface area contributed by atoms with E-state index in [-0.39, 0.29) is 6.10 Å². The lowest BCUT2D eigenvalue weighted by molar-refractivity contribution is 0.132. The molecule has 0 heterocycles. The van der Waals surface area contributed by atoms with Gasteiger partial charge in [0.25, 0.3) is 0 Å². The number of benzene rings is 1. The zero-order valence-electron chi connectivity index (χ0n) is 10.0. The van der Waals surface area contributed by atoms with Crippen molar-refractivity contribution in [1.29, 1.82) is 0 Å². The highest BCUT2D eigenvalue weighted by molar-refractivity contribution is 5.46. The van der Waals surface area contributed by atoms with Crippen molar-refractivity contribution in [3.05, 3.63) is 34.4 Å². The fourth-order valence-corrected chi connectivity index (χ4v) is 2.70. The molecule has 0 fully saturated rings. The van der Waals surface area contributed by atoms with Gasteiger partial charge in [-0.25, -0.2) is 0 Å². The van der Waals surface area contributed by atoms with Crippen molar-refractivity contribution in [2.24, 2.45) is 5.92 Å². The molecule has 0 spiro atoms. The van der Waals surface area contributed by atoms with E-state index in [0.29, 0.717) is 11.8 Å². The van der Waals surface area contributed by atoms with Crippen LogP contribution in [0.3, 0.4) is 0 Å². The second-order valence-corrected chi connectivity index (χ2v) is 5.14. The first kappa shape index (κ1) is 10.7. The molecule has 1 heteroatoms. The van der Waals surface area contributed by atoms with Gasteiger partial charge in [0.2, 0.25) is 0 Å². The van der Waals surface area contributed by atoms with Crippen molar-refractivity contribution in [3.63, 3.8) is 0 Å². The minimum Gasteiger partial charge on any atom is -0.388 e. The van der Waals surface area contributed by atoms with Gasteiger partial charge >= 0.3 is 0 Å². The molecule has 2 atom stereocenters. The number of hydrogen-bond acceptors (Lipinski definition) is 1. The van der Waals surface area contributed by atoms with E-state index in [1.165, 1.54) is 22.3 Å². The summed E-state index contributed by atoms with van der Waals surface area (Å²) in [6.45, 7) is 8.68. The average Bonchev–Trinajstić information content (AvgIpc) is 2.44. The third kappa shape index (κ3) is 1.59. The minimum atomic E-state index is -0.251. The lowest BCUT2D eigenvalue weighted by atomic mass is 9.92. The van der Waals surface area contributed by atoms with Crippen LogP contribution in [0, 0.1) is 12.8 Å². The van der Waals surface area contributed by atoms with E-state index in [4.69, 9.17) is 0 Å². The van der Waals surface area contributed by atoms with Gasteiger partial charge in [-0.05, 0) is 47.4 Å². The van der Waals surface area contributed by atoms with Gasteiger partial charge < -0.3 is 5.11 Å². The van der Waals surface area contributed by atoms with Crippen LogP contribution in [0.1, 0.15) is 55.0 Å². The van der Waals surface area contributed by atoms with Crippen molar-refractivity contribution in [2.45, 2.75) is 46.1 Å². The summed E-state index contributed by atoms with van der Waals surface area (Å²) in [5.41, 5.74) is 5.27. The zero-order valence-corrected chi connectivity index (χ0v) is 10.0. The highest BCUT2D eigenvalue weighted by atomic mass is 16.3. The van der Waals surface area contributed by atoms with Gasteiger partial charge in [-0.1, -0.05) is 32.9 Å². The lowest BCUT2D eigenvalue weighted by Gasteiger charge is -2.15. The van der Waals surface area contributed by atoms with Gasteiger partial charge in [-0.2, -0.15) is 0 Å². The second-order valence-electron chi connectivity index (χ2n) is 5.14. The molecule has 0 saturated heterocycles. The zero-order chi connectivity index (χ0) is 11.2. The first-order valence-corrected chi connectivity index (χ1v) is 5.82. The molecule has 82 valence electrons. The molecule has 0 radical (unpaired) electrons. The molecule has 2 unspecified atom stereocenters. The van der Waals surface area contributed by atoms with E-state index in [2.05, 4.69) is 39.8 Å². The molecule has 0 amide bonds. The molecule has 15 heavy (non-hydrogen) atoms. The molecular weight excluding hydrogens is 184 g/mol. The molecule has 0 bridgehead atoms. The van der Waals surface area contributed by atoms with E-state index in [1.54, 1.807) is 0 Å². The normalized spacial score (nSPS) is 24.7. The van der Waals surface area contributed by atoms with E-state index < -0.39 is 0 Å². The Bertz CT molecular complexity index is 379. The molecule has 0 aromatic heterocycles. The molecule has 0 saturated carbocycles. The van der Waals surface area contributed by atoms with Crippen LogP contribution in [0.25, 0.3) is 0 Å². The quantitative estimate of drug-likeness (QED) is 0.744. The van der Waals surface area contributed by atoms with E-state index in [0.717, 1.165) is 6.42 Å². The predicted molar refractivity (Wildman–Crippen MR) is 63.1 cm³/mol. The average molecular weight is 204 g/mol. The number of hydrogen-bond donors (Lipinski definition) is 1. The highest BCUT2D eigenvalue weighted by Gasteiger charge is 2.31. The fourth-order valence-electron chi connectivity index (χ4n) is 2.70. The van der Waals surface area contributed by atoms with Gasteiger partial charge in [0.05, 0.1) is 6.10 Å². The van der Waals surface area contributed by atoms with Crippen LogP contribution < -0.4 is 0 Å². The van der Waals surface area contributed by atoms with Gasteiger partial charge in [-0.3, -0.25) is 0 Å². The van der Waals surface area contributed by atoms with Crippen LogP contribution in [0.15, 0.2) is 12.1 Å². The minimum absolute atomic E-state index is 0.251. The smallest absolute Gasteiger partial charge is 0.0824 e. The Hall–Kier alpha value is -0.820. The predicted octanol–water partition coefficient (Wildman–Crippen LogP) is 3.34. The van der Waals surface area contributed by atoms with Gasteiger partial charge in [0, 0.05) is 0 Å². The summed E-state index contributed by atoms with van der Waals surface area (Å²) in [7, 11) is 0. The molecule has 1 nitrogen and oxygen atoms in total. The number of rotatable bonds is 1. The summed E-state index contributed by atoms with van der Waals surface area (Å²) >= 11 is 0. The van der Waals surface area contributed by atoms with Crippen molar-refractivity contribution in [2.75, 3.05) is 0 Å². The first-order chi connectivity index (χ1) is 7.02. The van der Waals surface area contributed by atoms with Crippen LogP contribution in [0.5, 0.6) is 0 Å². The lowest BCUT2D eigenvalue weighted by Crippen LogP contribution is -2.02. The topological polar surface area (TPSA) is 20.2 Å². The molecule has 1 aromatic carbocycles. The Morgan fingerprint density at radius 1 is 1.33 bits per heavy atom. The number of aliphatic hydroxyl groups excluding tert-OH is 1. The van der Waals surface area contributed by atoms with Crippen molar-refractivity contribution >= 4 is 0 Å². The fraction of sp³-hybridized carbons (Fsp3) is 0.571. The Morgan fingerprint density at radius 3 is 2.60 bits per heavy atom. The van der Waals surface area contributed by atoms with Gasteiger partial charge in [-0.15, -0.1) is 0 Å². The second kappa shape index (κ2) is 3.64. The standard InChI is InChI=1S/C14H20O/c1-8(2)11-6-5-9(3)13-12(11)7-10(4)14(13)15/h5-6,8,10,14-15H,7H2,1-4H3. The molecule has 1 aliphatic carbocycles. The summed E-state index contributed by atoms with van der Waals surface area (Å²) in [6, 6.07) is 4.37. The van der Waals surface area contributed by atoms with Crippen LogP contribution in [0.2, 0.25) is 0 Å². The Morgan fingerprint density at radius 2 is 2.00 bits per heavy atom. The SMILES string of the molecule is Cc1ccc(C(C)C)c2c1C(O)C(C)C2. The van der Waals surface area contributed by atoms with E-state index >= 15 is 0 Å². The van der Waals surface area contributed by atoms with E-state index in [9.17, 15) is 5.11 Å². The summed E-state index contributed by atoms with van der Waals surface area (Å²) in [5, 5.41) is 10.1. The van der Waals surface area contributed by atoms with Crippen LogP contribution >= 0.6 is 0 Å². The Labute approximate surface area is 92.1 Å². The molecular formula is C14H20O. The van der Waals surface area contributed by atoms with Gasteiger partial charge in [0.15, 0.2) is 0 Å². The summed E-state index contributed by atoms with van der Waals surface area (Å²) in [5.74, 6) is 0.926. The molecule has 2 rings (SSSR count). The van der Waals surface area contributed by atoms with Crippen LogP contribution in [0.4, 0.5) is 0 Å². The Balaban J connectivity index is 2.59. The number of aliphatic hydroxyl groups is 1. The number of fused-ring (bicyclic) bond motifs is 1. The summed E-state index contributed by atoms with van der Waals surface area (Å²) < 4.78 is 0.